The number of halogens is 1. The molecule has 4 nitrogen and oxygen atoms in total. The highest BCUT2D eigenvalue weighted by atomic mass is 35.5. The molecule has 5 heteroatoms. The zero-order valence-electron chi connectivity index (χ0n) is 12.5. The van der Waals surface area contributed by atoms with E-state index in [2.05, 4.69) is 5.10 Å². The number of nitrogens with zero attached hydrogens (tertiary/aromatic N) is 3. The molecule has 0 spiro atoms. The van der Waals surface area contributed by atoms with Gasteiger partial charge in [0.1, 0.15) is 12.0 Å². The smallest absolute Gasteiger partial charge is 0.247 e. The highest BCUT2D eigenvalue weighted by Gasteiger charge is 2.33. The second-order valence-electron chi connectivity index (χ2n) is 6.02. The molecule has 1 unspecified atom stereocenters. The number of hydrogen-bond acceptors (Lipinski definition) is 2. The monoisotopic (exact) mass is 305 g/mol. The second kappa shape index (κ2) is 6.31. The van der Waals surface area contributed by atoms with Crippen LogP contribution in [0.5, 0.6) is 0 Å². The molecule has 0 N–H and O–H groups in total. The number of amides is 1. The highest BCUT2D eigenvalue weighted by Crippen LogP contribution is 2.28. The Kier molecular flexibility index (Phi) is 4.68. The lowest BCUT2D eigenvalue weighted by molar-refractivity contribution is -0.120. The van der Waals surface area contributed by atoms with Crippen molar-refractivity contribution in [2.75, 3.05) is 4.90 Å². The van der Waals surface area contributed by atoms with Gasteiger partial charge in [0.2, 0.25) is 5.91 Å². The van der Waals surface area contributed by atoms with E-state index in [9.17, 15) is 4.79 Å². The van der Waals surface area contributed by atoms with Gasteiger partial charge in [-0.3, -0.25) is 14.4 Å². The average Bonchev–Trinajstić information content (AvgIpc) is 2.96. The number of benzene rings is 1. The number of anilines is 1. The molecule has 0 saturated heterocycles. The molecule has 0 bridgehead atoms. The van der Waals surface area contributed by atoms with Crippen molar-refractivity contribution >= 4 is 23.2 Å². The molecule has 1 heterocycles. The zero-order chi connectivity index (χ0) is 15.5. The number of carbonyl (C=O) groups excluding carboxylic acids is 1. The first-order valence-electron chi connectivity index (χ1n) is 6.87. The summed E-state index contributed by atoms with van der Waals surface area (Å²) in [6, 6.07) is 11.3. The van der Waals surface area contributed by atoms with Crippen LogP contribution < -0.4 is 4.90 Å². The van der Waals surface area contributed by atoms with E-state index in [0.29, 0.717) is 6.67 Å². The van der Waals surface area contributed by atoms with Crippen molar-refractivity contribution in [2.45, 2.75) is 32.8 Å². The van der Waals surface area contributed by atoms with E-state index in [1.54, 1.807) is 15.8 Å². The minimum atomic E-state index is -0.603. The third-order valence-corrected chi connectivity index (χ3v) is 4.00. The lowest BCUT2D eigenvalue weighted by Gasteiger charge is -2.30. The van der Waals surface area contributed by atoms with Crippen LogP contribution in [0.4, 0.5) is 5.69 Å². The van der Waals surface area contributed by atoms with Gasteiger partial charge in [-0.1, -0.05) is 39.0 Å². The van der Waals surface area contributed by atoms with Gasteiger partial charge in [-0.15, -0.1) is 11.6 Å². The largest absolute Gasteiger partial charge is 0.291 e. The topological polar surface area (TPSA) is 38.1 Å². The first kappa shape index (κ1) is 15.6. The van der Waals surface area contributed by atoms with Crippen LogP contribution in [0.15, 0.2) is 48.8 Å². The molecule has 1 atom stereocenters. The molecule has 0 radical (unpaired) electrons. The number of hydrogen-bond donors (Lipinski definition) is 0. The molecule has 2 rings (SSSR count). The summed E-state index contributed by atoms with van der Waals surface area (Å²) in [5.74, 6) is -0.120. The van der Waals surface area contributed by atoms with Crippen LogP contribution in [0.25, 0.3) is 0 Å². The Labute approximate surface area is 130 Å². The predicted octanol–water partition coefficient (Wildman–Crippen LogP) is 3.53. The molecule has 0 aliphatic carbocycles. The SMILES string of the molecule is CC(C)(C)C(Cl)C(=O)N(Cn1cccn1)c1ccccc1. The average molecular weight is 306 g/mol. The number of carbonyl (C=O) groups is 1. The van der Waals surface area contributed by atoms with E-state index < -0.39 is 5.38 Å². The van der Waals surface area contributed by atoms with Crippen molar-refractivity contribution in [1.82, 2.24) is 9.78 Å². The fourth-order valence-corrected chi connectivity index (χ4v) is 2.04. The summed E-state index contributed by atoms with van der Waals surface area (Å²) in [6.07, 6.45) is 3.51. The van der Waals surface area contributed by atoms with Crippen LogP contribution >= 0.6 is 11.6 Å². The summed E-state index contributed by atoms with van der Waals surface area (Å²) in [4.78, 5) is 14.4. The van der Waals surface area contributed by atoms with Crippen molar-refractivity contribution in [3.63, 3.8) is 0 Å². The molecule has 0 fully saturated rings. The quantitative estimate of drug-likeness (QED) is 0.811. The predicted molar refractivity (Wildman–Crippen MR) is 85.3 cm³/mol. The maximum atomic E-state index is 12.8. The van der Waals surface area contributed by atoms with Gasteiger partial charge < -0.3 is 0 Å². The maximum absolute atomic E-state index is 12.8. The molecule has 1 amide bonds. The zero-order valence-corrected chi connectivity index (χ0v) is 13.3. The third kappa shape index (κ3) is 3.85. The molecule has 1 aromatic carbocycles. The van der Waals surface area contributed by atoms with Crippen molar-refractivity contribution in [3.8, 4) is 0 Å². The van der Waals surface area contributed by atoms with Gasteiger partial charge in [-0.2, -0.15) is 5.10 Å². The number of para-hydroxylation sites is 1. The van der Waals surface area contributed by atoms with Crippen LogP contribution in [0.2, 0.25) is 0 Å². The lowest BCUT2D eigenvalue weighted by atomic mass is 9.91. The van der Waals surface area contributed by atoms with Gasteiger partial charge >= 0.3 is 0 Å². The van der Waals surface area contributed by atoms with Crippen molar-refractivity contribution in [2.24, 2.45) is 5.41 Å². The van der Waals surface area contributed by atoms with Crippen LogP contribution in [0.1, 0.15) is 20.8 Å². The summed E-state index contributed by atoms with van der Waals surface area (Å²) in [6.45, 7) is 6.22. The van der Waals surface area contributed by atoms with Gasteiger partial charge in [0.05, 0.1) is 0 Å². The summed E-state index contributed by atoms with van der Waals surface area (Å²) in [7, 11) is 0. The van der Waals surface area contributed by atoms with Crippen LogP contribution in [0, 0.1) is 5.41 Å². The molecule has 21 heavy (non-hydrogen) atoms. The number of aromatic nitrogens is 2. The molecule has 1 aromatic heterocycles. The fraction of sp³-hybridized carbons (Fsp3) is 0.375. The van der Waals surface area contributed by atoms with Crippen molar-refractivity contribution in [3.05, 3.63) is 48.8 Å². The van der Waals surface area contributed by atoms with E-state index in [1.165, 1.54) is 0 Å². The van der Waals surface area contributed by atoms with Crippen LogP contribution in [-0.4, -0.2) is 21.1 Å². The van der Waals surface area contributed by atoms with E-state index in [4.69, 9.17) is 11.6 Å². The van der Waals surface area contributed by atoms with Crippen molar-refractivity contribution in [1.29, 1.82) is 0 Å². The van der Waals surface area contributed by atoms with Gasteiger partial charge in [-0.05, 0) is 23.6 Å². The summed E-state index contributed by atoms with van der Waals surface area (Å²) in [5, 5.41) is 3.56. The van der Waals surface area contributed by atoms with E-state index in [0.717, 1.165) is 5.69 Å². The Morgan fingerprint density at radius 3 is 2.48 bits per heavy atom. The third-order valence-electron chi connectivity index (χ3n) is 3.16. The first-order chi connectivity index (χ1) is 9.89. The highest BCUT2D eigenvalue weighted by molar-refractivity contribution is 6.33. The van der Waals surface area contributed by atoms with E-state index in [1.807, 2.05) is 63.4 Å². The Morgan fingerprint density at radius 1 is 1.29 bits per heavy atom. The Morgan fingerprint density at radius 2 is 1.95 bits per heavy atom. The van der Waals surface area contributed by atoms with Gasteiger partial charge in [0.15, 0.2) is 0 Å². The molecule has 2 aromatic rings. The molecule has 0 aliphatic heterocycles. The van der Waals surface area contributed by atoms with Gasteiger partial charge in [-0.25, -0.2) is 0 Å². The standard InChI is InChI=1S/C16H20ClN3O/c1-16(2,3)14(17)15(21)20(12-19-11-7-10-18-19)13-8-5-4-6-9-13/h4-11,14H,12H2,1-3H3. The van der Waals surface area contributed by atoms with Crippen LogP contribution in [0.3, 0.4) is 0 Å². The van der Waals surface area contributed by atoms with E-state index >= 15 is 0 Å². The summed E-state index contributed by atoms with van der Waals surface area (Å²) >= 11 is 6.37. The first-order valence-corrected chi connectivity index (χ1v) is 7.31. The maximum Gasteiger partial charge on any atom is 0.247 e. The van der Waals surface area contributed by atoms with E-state index in [-0.39, 0.29) is 11.3 Å². The van der Waals surface area contributed by atoms with Gasteiger partial charge in [0.25, 0.3) is 0 Å². The fourth-order valence-electron chi connectivity index (χ4n) is 1.92. The summed E-state index contributed by atoms with van der Waals surface area (Å²) < 4.78 is 1.71. The molecular weight excluding hydrogens is 286 g/mol. The van der Waals surface area contributed by atoms with Gasteiger partial charge in [0, 0.05) is 18.1 Å². The van der Waals surface area contributed by atoms with Crippen molar-refractivity contribution < 1.29 is 4.79 Å². The summed E-state index contributed by atoms with van der Waals surface area (Å²) in [5.41, 5.74) is 0.503. The minimum absolute atomic E-state index is 0.120. The van der Waals surface area contributed by atoms with Crippen LogP contribution in [-0.2, 0) is 11.5 Å². The molecule has 112 valence electrons. The lowest BCUT2D eigenvalue weighted by Crippen LogP contribution is -2.43. The minimum Gasteiger partial charge on any atom is -0.291 e. The number of alkyl halides is 1. The second-order valence-corrected chi connectivity index (χ2v) is 6.45. The molecule has 0 aliphatic rings. The molecular formula is C16H20ClN3O. The Hall–Kier alpha value is -1.81. The molecule has 0 saturated carbocycles. The normalized spacial score (nSPS) is 13.0. The number of rotatable bonds is 4. The Bertz CT molecular complexity index is 575. The Balaban J connectivity index is 2.30.